The lowest BCUT2D eigenvalue weighted by atomic mass is 10.2. The van der Waals surface area contributed by atoms with Crippen LogP contribution in [0.25, 0.3) is 0 Å². The van der Waals surface area contributed by atoms with Crippen LogP contribution in [0.15, 0.2) is 38.3 Å². The highest BCUT2D eigenvalue weighted by Gasteiger charge is 2.14. The smallest absolute Gasteiger partial charge is 0.277 e. The van der Waals surface area contributed by atoms with E-state index in [0.29, 0.717) is 37.6 Å². The van der Waals surface area contributed by atoms with E-state index in [0.717, 1.165) is 5.56 Å². The van der Waals surface area contributed by atoms with E-state index in [1.807, 2.05) is 13.8 Å². The van der Waals surface area contributed by atoms with Crippen molar-refractivity contribution >= 4 is 55.6 Å². The van der Waals surface area contributed by atoms with Crippen molar-refractivity contribution in [3.63, 3.8) is 0 Å². The predicted molar refractivity (Wildman–Crippen MR) is 112 cm³/mol. The number of benzene rings is 2. The second-order valence-corrected chi connectivity index (χ2v) is 7.36. The van der Waals surface area contributed by atoms with Gasteiger partial charge in [-0.15, -0.1) is 0 Å². The van der Waals surface area contributed by atoms with E-state index < -0.39 is 5.91 Å². The number of halogens is 3. The standard InChI is InChI=1S/C18H17Br2ClN2O4/c1-3-26-14-7-11(16(19)17(20)18(14)25)8-22-23-15(24)9-27-12-4-5-13(21)10(2)6-12/h4-8,25H,3,9H2,1-2H3,(H,23,24). The molecule has 0 aliphatic heterocycles. The molecule has 9 heteroatoms. The van der Waals surface area contributed by atoms with E-state index in [1.165, 1.54) is 6.21 Å². The summed E-state index contributed by atoms with van der Waals surface area (Å²) in [6.45, 7) is 3.87. The molecule has 0 unspecified atom stereocenters. The first-order valence-corrected chi connectivity index (χ1v) is 9.84. The highest BCUT2D eigenvalue weighted by molar-refractivity contribution is 9.13. The summed E-state index contributed by atoms with van der Waals surface area (Å²) in [5.74, 6) is 0.416. The number of phenolic OH excluding ortho intramolecular Hbond substituents is 1. The van der Waals surface area contributed by atoms with Gasteiger partial charge in [0.05, 0.1) is 17.3 Å². The Balaban J connectivity index is 1.98. The number of carbonyl (C=O) groups excluding carboxylic acids is 1. The molecule has 0 saturated carbocycles. The maximum absolute atomic E-state index is 11.9. The summed E-state index contributed by atoms with van der Waals surface area (Å²) in [7, 11) is 0. The molecule has 2 rings (SSSR count). The summed E-state index contributed by atoms with van der Waals surface area (Å²) in [6.07, 6.45) is 1.43. The van der Waals surface area contributed by atoms with Crippen molar-refractivity contribution in [2.45, 2.75) is 13.8 Å². The quantitative estimate of drug-likeness (QED) is 0.406. The molecule has 0 heterocycles. The minimum Gasteiger partial charge on any atom is -0.503 e. The third-order valence-corrected chi connectivity index (χ3v) is 5.95. The Kier molecular flexibility index (Phi) is 7.94. The number of ether oxygens (including phenoxy) is 2. The summed E-state index contributed by atoms with van der Waals surface area (Å²) in [5, 5.41) is 14.6. The van der Waals surface area contributed by atoms with Gasteiger partial charge in [-0.1, -0.05) is 11.6 Å². The molecule has 27 heavy (non-hydrogen) atoms. The second-order valence-electron chi connectivity index (χ2n) is 5.37. The fraction of sp³-hybridized carbons (Fsp3) is 0.222. The van der Waals surface area contributed by atoms with Gasteiger partial charge >= 0.3 is 0 Å². The average Bonchev–Trinajstić information content (AvgIpc) is 2.64. The summed E-state index contributed by atoms with van der Waals surface area (Å²) >= 11 is 12.6. The fourth-order valence-electron chi connectivity index (χ4n) is 2.03. The Hall–Kier alpha value is -1.77. The number of rotatable bonds is 7. The van der Waals surface area contributed by atoms with Gasteiger partial charge in [0, 0.05) is 15.1 Å². The molecule has 0 spiro atoms. The SMILES string of the molecule is CCOc1cc(C=NNC(=O)COc2ccc(Cl)c(C)c2)c(Br)c(Br)c1O. The number of hydrazone groups is 1. The van der Waals surface area contributed by atoms with Crippen molar-refractivity contribution in [3.8, 4) is 17.2 Å². The van der Waals surface area contributed by atoms with E-state index in [2.05, 4.69) is 42.4 Å². The molecule has 0 radical (unpaired) electrons. The lowest BCUT2D eigenvalue weighted by molar-refractivity contribution is -0.123. The molecule has 1 amide bonds. The van der Waals surface area contributed by atoms with Crippen molar-refractivity contribution in [2.24, 2.45) is 5.10 Å². The fourth-order valence-corrected chi connectivity index (χ4v) is 2.98. The van der Waals surface area contributed by atoms with Crippen LogP contribution in [0.4, 0.5) is 0 Å². The van der Waals surface area contributed by atoms with Crippen LogP contribution in [0.1, 0.15) is 18.1 Å². The third-order valence-electron chi connectivity index (χ3n) is 3.37. The van der Waals surface area contributed by atoms with Crippen LogP contribution >= 0.6 is 43.5 Å². The molecule has 0 fully saturated rings. The van der Waals surface area contributed by atoms with E-state index in [-0.39, 0.29) is 12.4 Å². The van der Waals surface area contributed by atoms with Crippen LogP contribution in [0.2, 0.25) is 5.02 Å². The van der Waals surface area contributed by atoms with Crippen molar-refractivity contribution in [3.05, 3.63) is 49.4 Å². The van der Waals surface area contributed by atoms with E-state index in [9.17, 15) is 9.90 Å². The van der Waals surface area contributed by atoms with Gasteiger partial charge < -0.3 is 14.6 Å². The van der Waals surface area contributed by atoms with Crippen LogP contribution in [0.5, 0.6) is 17.2 Å². The van der Waals surface area contributed by atoms with Gasteiger partial charge in [-0.2, -0.15) is 5.10 Å². The van der Waals surface area contributed by atoms with Crippen molar-refractivity contribution in [1.29, 1.82) is 0 Å². The average molecular weight is 521 g/mol. The summed E-state index contributed by atoms with van der Waals surface area (Å²) in [5.41, 5.74) is 3.85. The molecule has 0 aliphatic carbocycles. The third kappa shape index (κ3) is 5.85. The zero-order valence-corrected chi connectivity index (χ0v) is 18.5. The van der Waals surface area contributed by atoms with Crippen LogP contribution < -0.4 is 14.9 Å². The molecule has 0 aromatic heterocycles. The summed E-state index contributed by atoms with van der Waals surface area (Å²) < 4.78 is 11.8. The van der Waals surface area contributed by atoms with Gasteiger partial charge in [-0.05, 0) is 75.5 Å². The normalized spacial score (nSPS) is 10.9. The van der Waals surface area contributed by atoms with Crippen molar-refractivity contribution in [1.82, 2.24) is 5.43 Å². The Bertz CT molecular complexity index is 875. The van der Waals surface area contributed by atoms with Crippen molar-refractivity contribution < 1.29 is 19.4 Å². The monoisotopic (exact) mass is 518 g/mol. The van der Waals surface area contributed by atoms with Gasteiger partial charge in [-0.3, -0.25) is 4.79 Å². The maximum atomic E-state index is 11.9. The first-order valence-electron chi connectivity index (χ1n) is 7.88. The van der Waals surface area contributed by atoms with Crippen LogP contribution in [-0.2, 0) is 4.79 Å². The molecule has 0 atom stereocenters. The molecule has 0 aliphatic rings. The molecule has 2 aromatic rings. The predicted octanol–water partition coefficient (Wildman–Crippen LogP) is 4.81. The van der Waals surface area contributed by atoms with Crippen molar-refractivity contribution in [2.75, 3.05) is 13.2 Å². The number of phenols is 1. The second kappa shape index (κ2) is 9.96. The molecule has 2 N–H and O–H groups in total. The highest BCUT2D eigenvalue weighted by atomic mass is 79.9. The summed E-state index contributed by atoms with van der Waals surface area (Å²) in [4.78, 5) is 11.9. The first kappa shape index (κ1) is 21.5. The van der Waals surface area contributed by atoms with Gasteiger partial charge in [0.2, 0.25) is 0 Å². The van der Waals surface area contributed by atoms with Gasteiger partial charge in [0.1, 0.15) is 5.75 Å². The molecule has 0 bridgehead atoms. The van der Waals surface area contributed by atoms with Gasteiger partial charge in [0.25, 0.3) is 5.91 Å². The van der Waals surface area contributed by atoms with Gasteiger partial charge in [0.15, 0.2) is 18.1 Å². The highest BCUT2D eigenvalue weighted by Crippen LogP contribution is 2.41. The molecule has 2 aromatic carbocycles. The number of aryl methyl sites for hydroxylation is 1. The Morgan fingerprint density at radius 2 is 2.04 bits per heavy atom. The van der Waals surface area contributed by atoms with E-state index in [1.54, 1.807) is 24.3 Å². The summed E-state index contributed by atoms with van der Waals surface area (Å²) in [6, 6.07) is 6.75. The first-order chi connectivity index (χ1) is 12.8. The number of amides is 1. The number of aromatic hydroxyl groups is 1. The lowest BCUT2D eigenvalue weighted by Gasteiger charge is -2.11. The zero-order valence-electron chi connectivity index (χ0n) is 14.6. The number of carbonyl (C=O) groups is 1. The Morgan fingerprint density at radius 1 is 1.30 bits per heavy atom. The molecule has 6 nitrogen and oxygen atoms in total. The molecular formula is C18H17Br2ClN2O4. The minimum absolute atomic E-state index is 0.0171. The number of nitrogens with zero attached hydrogens (tertiary/aromatic N) is 1. The zero-order chi connectivity index (χ0) is 20.0. The topological polar surface area (TPSA) is 80.2 Å². The number of nitrogens with one attached hydrogen (secondary N) is 1. The van der Waals surface area contributed by atoms with Crippen LogP contribution in [0, 0.1) is 6.92 Å². The molecule has 0 saturated heterocycles. The van der Waals surface area contributed by atoms with E-state index >= 15 is 0 Å². The molecular weight excluding hydrogens is 503 g/mol. The van der Waals surface area contributed by atoms with E-state index in [4.69, 9.17) is 21.1 Å². The minimum atomic E-state index is -0.419. The largest absolute Gasteiger partial charge is 0.503 e. The number of hydrogen-bond acceptors (Lipinski definition) is 5. The van der Waals surface area contributed by atoms with Crippen LogP contribution in [0.3, 0.4) is 0 Å². The Morgan fingerprint density at radius 3 is 2.70 bits per heavy atom. The Labute approximate surface area is 178 Å². The van der Waals surface area contributed by atoms with Gasteiger partial charge in [-0.25, -0.2) is 5.43 Å². The lowest BCUT2D eigenvalue weighted by Crippen LogP contribution is -2.24. The molecule has 144 valence electrons. The maximum Gasteiger partial charge on any atom is 0.277 e. The van der Waals surface area contributed by atoms with Crippen LogP contribution in [-0.4, -0.2) is 30.4 Å². The number of hydrogen-bond donors (Lipinski definition) is 2.